The van der Waals surface area contributed by atoms with Gasteiger partial charge in [0.1, 0.15) is 5.82 Å². The molecule has 1 atom stereocenters. The Balaban J connectivity index is 2.45. The molecule has 2 nitrogen and oxygen atoms in total. The smallest absolute Gasteiger partial charge is 0.123 e. The molecular weight excluding hydrogens is 263 g/mol. The van der Waals surface area contributed by atoms with Crippen LogP contribution in [0.15, 0.2) is 24.3 Å². The highest BCUT2D eigenvalue weighted by atomic mass is 19.1. The highest BCUT2D eigenvalue weighted by molar-refractivity contribution is 5.19. The third kappa shape index (κ3) is 7.05. The molecule has 1 aromatic carbocycles. The molecule has 0 fully saturated rings. The van der Waals surface area contributed by atoms with Crippen molar-refractivity contribution in [3.8, 4) is 0 Å². The van der Waals surface area contributed by atoms with E-state index in [1.165, 1.54) is 18.4 Å². The first kappa shape index (κ1) is 18.1. The fraction of sp³-hybridized carbons (Fsp3) is 0.667. The van der Waals surface area contributed by atoms with Crippen LogP contribution in [0.4, 0.5) is 4.39 Å². The third-order valence-corrected chi connectivity index (χ3v) is 4.08. The van der Waals surface area contributed by atoms with Crippen LogP contribution in [0.2, 0.25) is 0 Å². The zero-order chi connectivity index (χ0) is 15.7. The van der Waals surface area contributed by atoms with Gasteiger partial charge >= 0.3 is 0 Å². The lowest BCUT2D eigenvalue weighted by molar-refractivity contribution is 0.267. The lowest BCUT2D eigenvalue weighted by Crippen LogP contribution is -2.30. The number of nitrogens with zero attached hydrogens (tertiary/aromatic N) is 1. The molecule has 0 aliphatic heterocycles. The Kier molecular flexibility index (Phi) is 8.55. The molecule has 120 valence electrons. The minimum absolute atomic E-state index is 0.161. The Morgan fingerprint density at radius 3 is 2.38 bits per heavy atom. The van der Waals surface area contributed by atoms with Crippen LogP contribution in [0.25, 0.3) is 0 Å². The van der Waals surface area contributed by atoms with Crippen LogP contribution in [0.1, 0.15) is 58.1 Å². The summed E-state index contributed by atoms with van der Waals surface area (Å²) in [7, 11) is 2.17. The molecule has 1 aromatic rings. The molecule has 0 heterocycles. The molecule has 0 amide bonds. The summed E-state index contributed by atoms with van der Waals surface area (Å²) in [5.74, 6) is -0.161. The molecule has 0 bridgehead atoms. The van der Waals surface area contributed by atoms with Crippen LogP contribution < -0.4 is 5.32 Å². The van der Waals surface area contributed by atoms with E-state index in [0.29, 0.717) is 12.1 Å². The summed E-state index contributed by atoms with van der Waals surface area (Å²) in [6.45, 7) is 8.75. The Hall–Kier alpha value is -0.930. The van der Waals surface area contributed by atoms with Gasteiger partial charge in [0.15, 0.2) is 0 Å². The van der Waals surface area contributed by atoms with Crippen molar-refractivity contribution in [3.05, 3.63) is 35.6 Å². The van der Waals surface area contributed by atoms with Gasteiger partial charge in [0, 0.05) is 12.1 Å². The van der Waals surface area contributed by atoms with Crippen molar-refractivity contribution in [2.75, 3.05) is 20.1 Å². The first-order valence-corrected chi connectivity index (χ1v) is 8.23. The summed E-state index contributed by atoms with van der Waals surface area (Å²) in [4.78, 5) is 2.36. The molecule has 0 spiro atoms. The highest BCUT2D eigenvalue weighted by Crippen LogP contribution is 2.19. The van der Waals surface area contributed by atoms with Gasteiger partial charge in [-0.1, -0.05) is 31.9 Å². The van der Waals surface area contributed by atoms with Crippen LogP contribution in [-0.2, 0) is 0 Å². The second-order valence-corrected chi connectivity index (χ2v) is 6.13. The molecule has 1 N–H and O–H groups in total. The molecule has 0 aromatic heterocycles. The molecule has 1 unspecified atom stereocenters. The second-order valence-electron chi connectivity index (χ2n) is 6.13. The number of nitrogens with one attached hydrogen (secondary N) is 1. The molecule has 0 saturated heterocycles. The minimum atomic E-state index is -0.161. The topological polar surface area (TPSA) is 15.3 Å². The fourth-order valence-corrected chi connectivity index (χ4v) is 2.35. The number of unbranched alkanes of at least 4 members (excludes halogenated alkanes) is 1. The van der Waals surface area contributed by atoms with Crippen molar-refractivity contribution in [2.45, 2.75) is 58.5 Å². The summed E-state index contributed by atoms with van der Waals surface area (Å²) < 4.78 is 13.0. The maximum absolute atomic E-state index is 13.0. The largest absolute Gasteiger partial charge is 0.310 e. The first-order chi connectivity index (χ1) is 10.0. The lowest BCUT2D eigenvalue weighted by Gasteiger charge is -2.23. The first-order valence-electron chi connectivity index (χ1n) is 8.23. The van der Waals surface area contributed by atoms with Crippen molar-refractivity contribution in [3.63, 3.8) is 0 Å². The number of benzene rings is 1. The van der Waals surface area contributed by atoms with Gasteiger partial charge in [-0.2, -0.15) is 0 Å². The molecule has 0 saturated carbocycles. The average Bonchev–Trinajstić information content (AvgIpc) is 2.47. The lowest BCUT2D eigenvalue weighted by atomic mass is 10.0. The van der Waals surface area contributed by atoms with E-state index in [9.17, 15) is 4.39 Å². The molecular formula is C18H31FN2. The average molecular weight is 294 g/mol. The fourth-order valence-electron chi connectivity index (χ4n) is 2.35. The molecule has 21 heavy (non-hydrogen) atoms. The number of hydrogen-bond acceptors (Lipinski definition) is 2. The maximum Gasteiger partial charge on any atom is 0.123 e. The summed E-state index contributed by atoms with van der Waals surface area (Å²) in [5, 5.41) is 3.64. The zero-order valence-electron chi connectivity index (χ0n) is 14.0. The summed E-state index contributed by atoms with van der Waals surface area (Å²) in [6.07, 6.45) is 4.64. The van der Waals surface area contributed by atoms with Gasteiger partial charge in [-0.3, -0.25) is 0 Å². The Morgan fingerprint density at radius 1 is 1.14 bits per heavy atom. The van der Waals surface area contributed by atoms with E-state index < -0.39 is 0 Å². The summed E-state index contributed by atoms with van der Waals surface area (Å²) >= 11 is 0. The Morgan fingerprint density at radius 2 is 1.81 bits per heavy atom. The zero-order valence-corrected chi connectivity index (χ0v) is 14.0. The van der Waals surface area contributed by atoms with Crippen molar-refractivity contribution in [1.82, 2.24) is 10.2 Å². The van der Waals surface area contributed by atoms with E-state index in [4.69, 9.17) is 0 Å². The van der Waals surface area contributed by atoms with Crippen LogP contribution in [0, 0.1) is 5.82 Å². The van der Waals surface area contributed by atoms with Crippen LogP contribution in [0.3, 0.4) is 0 Å². The van der Waals surface area contributed by atoms with Crippen LogP contribution in [-0.4, -0.2) is 31.1 Å². The van der Waals surface area contributed by atoms with E-state index >= 15 is 0 Å². The normalized spacial score (nSPS) is 13.1. The van der Waals surface area contributed by atoms with Gasteiger partial charge in [-0.05, 0) is 64.5 Å². The van der Waals surface area contributed by atoms with Gasteiger partial charge in [-0.15, -0.1) is 0 Å². The highest BCUT2D eigenvalue weighted by Gasteiger charge is 2.10. The van der Waals surface area contributed by atoms with E-state index in [1.807, 2.05) is 12.1 Å². The molecule has 0 aliphatic rings. The van der Waals surface area contributed by atoms with Crippen LogP contribution >= 0.6 is 0 Å². The van der Waals surface area contributed by atoms with Gasteiger partial charge < -0.3 is 10.2 Å². The second kappa shape index (κ2) is 9.91. The molecule has 0 radical (unpaired) electrons. The minimum Gasteiger partial charge on any atom is -0.310 e. The standard InChI is InChI=1S/C18H31FN2/c1-5-6-8-18(16-9-11-17(19)12-10-16)20-13-7-14-21(4)15(2)3/h9-12,15,18,20H,5-8,13-14H2,1-4H3. The monoisotopic (exact) mass is 294 g/mol. The van der Waals surface area contributed by atoms with E-state index in [1.54, 1.807) is 12.1 Å². The van der Waals surface area contributed by atoms with Gasteiger partial charge in [-0.25, -0.2) is 4.39 Å². The number of rotatable bonds is 10. The maximum atomic E-state index is 13.0. The van der Waals surface area contributed by atoms with Crippen molar-refractivity contribution < 1.29 is 4.39 Å². The predicted molar refractivity (Wildman–Crippen MR) is 89.1 cm³/mol. The van der Waals surface area contributed by atoms with E-state index in [-0.39, 0.29) is 5.82 Å². The Bertz CT molecular complexity index is 375. The van der Waals surface area contributed by atoms with Gasteiger partial charge in [0.25, 0.3) is 0 Å². The van der Waals surface area contributed by atoms with Crippen molar-refractivity contribution in [1.29, 1.82) is 0 Å². The molecule has 0 aliphatic carbocycles. The van der Waals surface area contributed by atoms with Crippen molar-refractivity contribution in [2.24, 2.45) is 0 Å². The van der Waals surface area contributed by atoms with Crippen LogP contribution in [0.5, 0.6) is 0 Å². The number of hydrogen-bond donors (Lipinski definition) is 1. The third-order valence-electron chi connectivity index (χ3n) is 4.08. The Labute approximate surface area is 129 Å². The van der Waals surface area contributed by atoms with E-state index in [2.05, 4.69) is 38.0 Å². The van der Waals surface area contributed by atoms with Crippen molar-refractivity contribution >= 4 is 0 Å². The summed E-state index contributed by atoms with van der Waals surface area (Å²) in [6, 6.07) is 7.87. The van der Waals surface area contributed by atoms with Gasteiger partial charge in [0.05, 0.1) is 0 Å². The van der Waals surface area contributed by atoms with E-state index in [0.717, 1.165) is 25.9 Å². The quantitative estimate of drug-likeness (QED) is 0.644. The SMILES string of the molecule is CCCCC(NCCCN(C)C(C)C)c1ccc(F)cc1. The summed E-state index contributed by atoms with van der Waals surface area (Å²) in [5.41, 5.74) is 1.20. The number of halogens is 1. The predicted octanol–water partition coefficient (Wildman–Crippen LogP) is 4.38. The van der Waals surface area contributed by atoms with Gasteiger partial charge in [0.2, 0.25) is 0 Å². The molecule has 3 heteroatoms. The molecule has 1 rings (SSSR count).